The van der Waals surface area contributed by atoms with E-state index in [0.29, 0.717) is 37.0 Å². The lowest BCUT2D eigenvalue weighted by molar-refractivity contribution is -0.143. The normalized spacial score (nSPS) is 16.1. The Hall–Kier alpha value is -8.29. The van der Waals surface area contributed by atoms with Gasteiger partial charge in [0.15, 0.2) is 0 Å². The third-order valence-electron chi connectivity index (χ3n) is 17.1. The van der Waals surface area contributed by atoms with Gasteiger partial charge in [-0.15, -0.1) is 13.7 Å². The van der Waals surface area contributed by atoms with Crippen LogP contribution in [0.3, 0.4) is 0 Å². The van der Waals surface area contributed by atoms with Crippen LogP contribution < -0.4 is 42.5 Å². The van der Waals surface area contributed by atoms with Gasteiger partial charge in [0.05, 0.1) is 31.7 Å². The second kappa shape index (κ2) is 45.8. The molecule has 44 heteroatoms. The summed E-state index contributed by atoms with van der Waals surface area (Å²) in [4.78, 5) is 200. The Morgan fingerprint density at radius 1 is 0.523 bits per heavy atom. The highest BCUT2D eigenvalue weighted by atomic mass is 32.3. The van der Waals surface area contributed by atoms with Gasteiger partial charge < -0.3 is 88.1 Å². The van der Waals surface area contributed by atoms with Gasteiger partial charge in [-0.3, -0.25) is 67.0 Å². The summed E-state index contributed by atoms with van der Waals surface area (Å²) in [5, 5.41) is 92.8. The molecule has 0 saturated carbocycles. The number of hydrogen-bond donors (Lipinski definition) is 17. The molecule has 2 aromatic rings. The van der Waals surface area contributed by atoms with E-state index in [4.69, 9.17) is 15.3 Å². The minimum atomic E-state index is -4.09. The van der Waals surface area contributed by atoms with Gasteiger partial charge in [-0.05, 0) is 117 Å². The standard InChI is InChI=1S/C65H106FN14O25P3S/c1-64(2,3)109(66,65(4,5)6)44-14-12-42(13-15-44)57(91)70-37-49(80-38-43(75-76-80)36-69-52(83)23-34-107(102,103)40-78-29-27-77(39-106-33-22-55(87)88)28-30-79(32-31-78)41-108(104,105)35-24-56(89)90)58(92)72-46(60(95)96)10-7-8-25-67-50(81)19-20-51(82)68-26-9-11-45(59(93)94)71-53(84)18-16-47(61(97)98)73-63(101)74-48(62(99)100)17-21-54(85)86/h12-15,38,45-49,106H,7-11,16-37,39-41H2,1-6H3,(H,67,81)(H,68,82)(H,69,83)(H,70,91)(H,71,84)(H,72,92)(H,85,86)(H,87,88)(H,89,90)(H,93,94)(H,95,96)(H,97,98)(H,99,100)(H,102,103)(H,104,105)(H2,73,74,101)/t45-,46-,47-,48-,49-/m0/s1. The molecule has 1 aromatic carbocycles. The van der Waals surface area contributed by atoms with Gasteiger partial charge in [-0.2, -0.15) is 3.89 Å². The molecule has 8 amide bonds. The molecule has 1 saturated heterocycles. The molecule has 2 heterocycles. The maximum Gasteiger partial charge on any atom is 0.326 e. The van der Waals surface area contributed by atoms with Gasteiger partial charge in [0, 0.05) is 136 Å². The number of nitrogens with zero attached hydrogens (tertiary/aromatic N) is 6. The number of carbonyl (C=O) groups is 14. The zero-order chi connectivity index (χ0) is 82.0. The number of benzene rings is 1. The fourth-order valence-corrected chi connectivity index (χ4v) is 19.5. The van der Waals surface area contributed by atoms with E-state index in [9.17, 15) is 106 Å². The first kappa shape index (κ1) is 94.9. The molecule has 1 aliphatic heterocycles. The Morgan fingerprint density at radius 3 is 1.47 bits per heavy atom. The highest BCUT2D eigenvalue weighted by molar-refractivity contribution is 8.31. The maximum absolute atomic E-state index is 17.1. The van der Waals surface area contributed by atoms with Crippen molar-refractivity contribution in [1.82, 2.24) is 72.2 Å². The molecule has 3 rings (SSSR count). The average Bonchev–Trinajstić information content (AvgIpc) is 0.940. The van der Waals surface area contributed by atoms with Gasteiger partial charge in [-0.25, -0.2) is 28.7 Å². The molecule has 8 atom stereocenters. The third kappa shape index (κ3) is 36.0. The van der Waals surface area contributed by atoms with Crippen LogP contribution in [0, 0.1) is 0 Å². The number of aromatic nitrogens is 3. The summed E-state index contributed by atoms with van der Waals surface area (Å²) in [5.41, 5.74) is 0.159. The molecule has 1 fully saturated rings. The summed E-state index contributed by atoms with van der Waals surface area (Å²) < 4.78 is 43.3. The Balaban J connectivity index is 1.62. The smallest absolute Gasteiger partial charge is 0.326 e. The van der Waals surface area contributed by atoms with E-state index >= 15 is 3.89 Å². The number of aliphatic carboxylic acids is 7. The highest BCUT2D eigenvalue weighted by Crippen LogP contribution is 2.74. The van der Waals surface area contributed by atoms with Gasteiger partial charge in [0.2, 0.25) is 44.3 Å². The number of hydrogen-bond acceptors (Lipinski definition) is 21. The molecule has 0 spiro atoms. The van der Waals surface area contributed by atoms with E-state index in [1.807, 2.05) is 15.5 Å². The highest BCUT2D eigenvalue weighted by Gasteiger charge is 2.48. The summed E-state index contributed by atoms with van der Waals surface area (Å²) in [6.07, 6.45) is -3.36. The molecule has 0 aliphatic carbocycles. The van der Waals surface area contributed by atoms with Crippen molar-refractivity contribution < 1.29 is 126 Å². The number of rotatable bonds is 49. The number of halogens is 1. The quantitative estimate of drug-likeness (QED) is 0.0332. The topological polar surface area (TPSA) is 592 Å². The van der Waals surface area contributed by atoms with Crippen LogP contribution in [0.4, 0.5) is 8.68 Å². The van der Waals surface area contributed by atoms with Crippen molar-refractivity contribution in [3.8, 4) is 0 Å². The zero-order valence-corrected chi connectivity index (χ0v) is 65.5. The van der Waals surface area contributed by atoms with Gasteiger partial charge in [0.1, 0.15) is 35.9 Å². The lowest BCUT2D eigenvalue weighted by atomic mass is 10.1. The Bertz CT molecular complexity index is 3550. The number of nitrogens with one attached hydrogen (secondary N) is 8. The SMILES string of the molecule is CC(C)(C)S(F)(c1ccc(C(=O)NC[C@@H](C(=O)N[C@@H](CCCCNC(=O)CCC(=O)NCCC[C@H](NC(=O)CC[C@H](NC(=O)N[C@@H](CCC(=O)O)C(=O)O)C(=O)O)C(=O)O)C(=O)O)n2cc(CNC(=O)CCP(=O)(O)CN3CCN(CPCCC(=O)O)CCN(CP(=O)(O)CCC(=O)O)CC3)nn2)cc1)C(C)(C)C. The summed E-state index contributed by atoms with van der Waals surface area (Å²) in [6, 6.07) is -3.28. The Morgan fingerprint density at radius 2 is 0.972 bits per heavy atom. The van der Waals surface area contributed by atoms with Crippen LogP contribution >= 0.6 is 33.7 Å². The predicted octanol–water partition coefficient (Wildman–Crippen LogP) is 1.81. The van der Waals surface area contributed by atoms with Gasteiger partial charge >= 0.3 is 47.8 Å². The zero-order valence-electron chi connectivity index (χ0n) is 61.9. The lowest BCUT2D eigenvalue weighted by Crippen LogP contribution is -2.51. The number of urea groups is 1. The fourth-order valence-electron chi connectivity index (χ4n) is 11.3. The van der Waals surface area contributed by atoms with Crippen LogP contribution in [0.2, 0.25) is 0 Å². The second-order valence-electron chi connectivity index (χ2n) is 28.0. The first-order chi connectivity index (χ1) is 50.8. The van der Waals surface area contributed by atoms with Gasteiger partial charge in [-0.1, -0.05) is 15.6 Å². The summed E-state index contributed by atoms with van der Waals surface area (Å²) in [6.45, 7) is 11.7. The second-order valence-corrected chi connectivity index (χ2v) is 38.2. The molecule has 1 aromatic heterocycles. The summed E-state index contributed by atoms with van der Waals surface area (Å²) in [5.74, 6) is -14.1. The van der Waals surface area contributed by atoms with E-state index in [1.165, 1.54) is 30.5 Å². The molecular weight excluding hydrogens is 1520 g/mol. The van der Waals surface area contributed by atoms with Crippen molar-refractivity contribution in [2.45, 2.75) is 183 Å². The number of amides is 8. The average molecular weight is 1630 g/mol. The van der Waals surface area contributed by atoms with Crippen molar-refractivity contribution in [2.75, 3.05) is 96.2 Å². The molecule has 0 radical (unpaired) electrons. The first-order valence-electron chi connectivity index (χ1n) is 35.2. The monoisotopic (exact) mass is 1630 g/mol. The molecule has 3 unspecified atom stereocenters. The van der Waals surface area contributed by atoms with E-state index in [1.54, 1.807) is 51.3 Å². The van der Waals surface area contributed by atoms with Crippen molar-refractivity contribution in [3.63, 3.8) is 0 Å². The summed E-state index contributed by atoms with van der Waals surface area (Å²) >= 11 is 0. The number of carbonyl (C=O) groups excluding carboxylic acids is 7. The van der Waals surface area contributed by atoms with Crippen molar-refractivity contribution in [3.05, 3.63) is 41.7 Å². The van der Waals surface area contributed by atoms with E-state index in [2.05, 4.69) is 42.2 Å². The van der Waals surface area contributed by atoms with Crippen LogP contribution in [0.25, 0.3) is 0 Å². The van der Waals surface area contributed by atoms with E-state index in [0.717, 1.165) is 4.68 Å². The molecule has 109 heavy (non-hydrogen) atoms. The van der Waals surface area contributed by atoms with Crippen LogP contribution in [-0.4, -0.2) is 288 Å². The Kier molecular flexibility index (Phi) is 39.8. The maximum atomic E-state index is 17.1. The van der Waals surface area contributed by atoms with Gasteiger partial charge in [0.25, 0.3) is 5.91 Å². The first-order valence-corrected chi connectivity index (χ1v) is 42.2. The molecule has 1 aliphatic rings. The Labute approximate surface area is 632 Å². The minimum Gasteiger partial charge on any atom is -0.481 e. The van der Waals surface area contributed by atoms with Crippen molar-refractivity contribution in [2.24, 2.45) is 0 Å². The third-order valence-corrected chi connectivity index (χ3v) is 26.2. The molecule has 39 nitrogen and oxygen atoms in total. The van der Waals surface area contributed by atoms with E-state index < -0.39 is 206 Å². The molecule has 0 bridgehead atoms. The molecule has 614 valence electrons. The largest absolute Gasteiger partial charge is 0.481 e. The predicted molar refractivity (Wildman–Crippen MR) is 395 cm³/mol. The van der Waals surface area contributed by atoms with Crippen LogP contribution in [-0.2, 0) is 73.2 Å². The minimum absolute atomic E-state index is 0.0103. The summed E-state index contributed by atoms with van der Waals surface area (Å²) in [7, 11) is -10.8. The number of unbranched alkanes of at least 4 members (excludes halogenated alkanes) is 1. The number of carboxylic acids is 7. The number of carboxylic acid groups (broad SMARTS) is 7. The van der Waals surface area contributed by atoms with Crippen molar-refractivity contribution >= 4 is 117 Å². The van der Waals surface area contributed by atoms with Crippen LogP contribution in [0.1, 0.15) is 154 Å². The fraction of sp³-hybridized carbons (Fsp3) is 0.662. The van der Waals surface area contributed by atoms with Crippen molar-refractivity contribution in [1.29, 1.82) is 0 Å². The van der Waals surface area contributed by atoms with Crippen LogP contribution in [0.5, 0.6) is 0 Å². The van der Waals surface area contributed by atoms with Crippen LogP contribution in [0.15, 0.2) is 35.4 Å². The van der Waals surface area contributed by atoms with E-state index in [-0.39, 0.29) is 123 Å². The molecular formula is C65H106FN14O25P3S. The molecule has 17 N–H and O–H groups in total. The lowest BCUT2D eigenvalue weighted by Gasteiger charge is -2.52.